The molecule has 0 bridgehead atoms. The molecule has 0 saturated heterocycles. The summed E-state index contributed by atoms with van der Waals surface area (Å²) >= 11 is 10.8. The van der Waals surface area contributed by atoms with E-state index in [4.69, 9.17) is 28.3 Å². The number of nitrogens with zero attached hydrogens (tertiary/aromatic N) is 1. The molecule has 10 heteroatoms. The minimum absolute atomic E-state index is 0.359. The second-order valence-corrected chi connectivity index (χ2v) is 3.66. The van der Waals surface area contributed by atoms with Gasteiger partial charge in [0.05, 0.1) is 5.69 Å². The number of hydrogen-bond acceptors (Lipinski definition) is 3. The number of carboxylic acid groups (broad SMARTS) is 1. The van der Waals surface area contributed by atoms with Crippen molar-refractivity contribution >= 4 is 40.8 Å². The number of rotatable bonds is 2. The van der Waals surface area contributed by atoms with E-state index >= 15 is 0 Å². The van der Waals surface area contributed by atoms with Crippen LogP contribution in [-0.2, 0) is 4.79 Å². The van der Waals surface area contributed by atoms with Crippen LogP contribution in [0, 0.1) is 0 Å². The van der Waals surface area contributed by atoms with Crippen LogP contribution in [0.1, 0.15) is 10.4 Å². The van der Waals surface area contributed by atoms with Gasteiger partial charge in [0.1, 0.15) is 15.9 Å². The molecular formula is C8H3Cl2F3N2O3. The average molecular weight is 303 g/mol. The van der Waals surface area contributed by atoms with Gasteiger partial charge >= 0.3 is 18.1 Å². The fourth-order valence-corrected chi connectivity index (χ4v) is 1.49. The molecule has 98 valence electrons. The summed E-state index contributed by atoms with van der Waals surface area (Å²) in [5, 5.41) is 9.12. The van der Waals surface area contributed by atoms with Gasteiger partial charge in [-0.15, -0.1) is 0 Å². The third-order valence-corrected chi connectivity index (χ3v) is 2.13. The zero-order valence-electron chi connectivity index (χ0n) is 8.18. The predicted octanol–water partition coefficient (Wildman–Crippen LogP) is 2.59. The van der Waals surface area contributed by atoms with Crippen LogP contribution < -0.4 is 5.32 Å². The van der Waals surface area contributed by atoms with E-state index in [1.807, 2.05) is 0 Å². The van der Waals surface area contributed by atoms with E-state index in [2.05, 4.69) is 4.98 Å². The van der Waals surface area contributed by atoms with Crippen molar-refractivity contribution in [3.8, 4) is 0 Å². The van der Waals surface area contributed by atoms with Crippen LogP contribution in [-0.4, -0.2) is 28.1 Å². The van der Waals surface area contributed by atoms with Gasteiger partial charge in [0.15, 0.2) is 0 Å². The van der Waals surface area contributed by atoms with Crippen LogP contribution in [0.4, 0.5) is 18.9 Å². The summed E-state index contributed by atoms with van der Waals surface area (Å²) in [4.78, 5) is 24.8. The van der Waals surface area contributed by atoms with Gasteiger partial charge in [-0.2, -0.15) is 13.2 Å². The second-order valence-electron chi connectivity index (χ2n) is 2.92. The number of anilines is 1. The number of aromatic nitrogens is 1. The SMILES string of the molecule is O=C(O)c1c(NC(=O)C(F)(F)F)cc(Cl)nc1Cl. The standard InChI is InChI=1S/C8H3Cl2F3N2O3/c9-3-1-2(14-7(18)8(11,12)13)4(6(16)17)5(10)15-3/h1H,(H,16,17)(H,14,15,18). The predicted molar refractivity (Wildman–Crippen MR) is 55.9 cm³/mol. The fraction of sp³-hybridized carbons (Fsp3) is 0.125. The third-order valence-electron chi connectivity index (χ3n) is 1.66. The van der Waals surface area contributed by atoms with Crippen LogP contribution in [0.25, 0.3) is 0 Å². The van der Waals surface area contributed by atoms with Gasteiger partial charge in [-0.05, 0) is 0 Å². The topological polar surface area (TPSA) is 79.3 Å². The van der Waals surface area contributed by atoms with Gasteiger partial charge in [-0.3, -0.25) is 4.79 Å². The first-order valence-corrected chi connectivity index (χ1v) is 4.86. The first-order valence-electron chi connectivity index (χ1n) is 4.10. The first kappa shape index (κ1) is 14.5. The smallest absolute Gasteiger partial charge is 0.471 e. The van der Waals surface area contributed by atoms with Crippen LogP contribution in [0.15, 0.2) is 6.07 Å². The highest BCUT2D eigenvalue weighted by Gasteiger charge is 2.39. The Labute approximate surface area is 108 Å². The molecule has 5 nitrogen and oxygen atoms in total. The van der Waals surface area contributed by atoms with Gasteiger partial charge in [0.25, 0.3) is 0 Å². The Morgan fingerprint density at radius 2 is 1.89 bits per heavy atom. The molecule has 0 aliphatic carbocycles. The lowest BCUT2D eigenvalue weighted by molar-refractivity contribution is -0.167. The van der Waals surface area contributed by atoms with Crippen LogP contribution in [0.2, 0.25) is 10.3 Å². The highest BCUT2D eigenvalue weighted by Crippen LogP contribution is 2.27. The van der Waals surface area contributed by atoms with Crippen molar-refractivity contribution in [1.82, 2.24) is 4.98 Å². The molecule has 0 aliphatic heterocycles. The van der Waals surface area contributed by atoms with Gasteiger partial charge in [0.2, 0.25) is 0 Å². The lowest BCUT2D eigenvalue weighted by Crippen LogP contribution is -2.30. The summed E-state index contributed by atoms with van der Waals surface area (Å²) in [5.74, 6) is -4.00. The van der Waals surface area contributed by atoms with Gasteiger partial charge in [-0.1, -0.05) is 23.2 Å². The number of pyridine rings is 1. The number of amides is 1. The van der Waals surface area contributed by atoms with Crippen LogP contribution in [0.5, 0.6) is 0 Å². The summed E-state index contributed by atoms with van der Waals surface area (Å²) < 4.78 is 36.1. The molecule has 2 N–H and O–H groups in total. The Hall–Kier alpha value is -1.54. The van der Waals surface area contributed by atoms with Crippen molar-refractivity contribution in [2.24, 2.45) is 0 Å². The second kappa shape index (κ2) is 4.99. The van der Waals surface area contributed by atoms with Crippen LogP contribution >= 0.6 is 23.2 Å². The van der Waals surface area contributed by atoms with Crippen molar-refractivity contribution in [2.75, 3.05) is 5.32 Å². The summed E-state index contributed by atoms with van der Waals surface area (Å²) in [6.45, 7) is 0. The lowest BCUT2D eigenvalue weighted by atomic mass is 10.2. The molecule has 0 atom stereocenters. The van der Waals surface area contributed by atoms with Crippen molar-refractivity contribution in [2.45, 2.75) is 6.18 Å². The first-order chi connectivity index (χ1) is 8.12. The summed E-state index contributed by atoms with van der Waals surface area (Å²) in [5.41, 5.74) is -1.46. The zero-order chi connectivity index (χ0) is 14.1. The molecule has 0 fully saturated rings. The maximum Gasteiger partial charge on any atom is 0.471 e. The van der Waals surface area contributed by atoms with Gasteiger partial charge < -0.3 is 10.4 Å². The largest absolute Gasteiger partial charge is 0.478 e. The lowest BCUT2D eigenvalue weighted by Gasteiger charge is -2.11. The highest BCUT2D eigenvalue weighted by molar-refractivity contribution is 6.35. The zero-order valence-corrected chi connectivity index (χ0v) is 9.69. The molecule has 18 heavy (non-hydrogen) atoms. The third kappa shape index (κ3) is 3.23. The quantitative estimate of drug-likeness (QED) is 0.823. The molecule has 1 aromatic rings. The number of nitrogens with one attached hydrogen (secondary N) is 1. The molecule has 0 radical (unpaired) electrons. The van der Waals surface area contributed by atoms with Crippen molar-refractivity contribution in [1.29, 1.82) is 0 Å². The molecule has 1 aromatic heterocycles. The molecule has 1 rings (SSSR count). The van der Waals surface area contributed by atoms with E-state index in [-0.39, 0.29) is 5.15 Å². The number of carboxylic acids is 1. The van der Waals surface area contributed by atoms with Crippen LogP contribution in [0.3, 0.4) is 0 Å². The summed E-state index contributed by atoms with van der Waals surface area (Å²) in [7, 11) is 0. The van der Waals surface area contributed by atoms with E-state index in [0.29, 0.717) is 0 Å². The number of carbonyl (C=O) groups is 2. The molecule has 1 amide bonds. The molecular weight excluding hydrogens is 300 g/mol. The average Bonchev–Trinajstić information content (AvgIpc) is 2.13. The molecule has 0 unspecified atom stereocenters. The molecule has 0 aliphatic rings. The van der Waals surface area contributed by atoms with Gasteiger partial charge in [0, 0.05) is 6.07 Å². The number of halogens is 5. The maximum absolute atomic E-state index is 12.0. The van der Waals surface area contributed by atoms with E-state index in [9.17, 15) is 22.8 Å². The molecule has 1 heterocycles. The van der Waals surface area contributed by atoms with E-state index < -0.39 is 34.5 Å². The molecule has 0 spiro atoms. The summed E-state index contributed by atoms with van der Waals surface area (Å²) in [6.07, 6.45) is -5.17. The number of aromatic carboxylic acids is 1. The Morgan fingerprint density at radius 1 is 1.33 bits per heavy atom. The van der Waals surface area contributed by atoms with Crippen molar-refractivity contribution in [3.63, 3.8) is 0 Å². The maximum atomic E-state index is 12.0. The normalized spacial score (nSPS) is 11.2. The van der Waals surface area contributed by atoms with E-state index in [0.717, 1.165) is 6.07 Å². The Morgan fingerprint density at radius 3 is 2.33 bits per heavy atom. The fourth-order valence-electron chi connectivity index (χ4n) is 0.980. The number of carbonyl (C=O) groups excluding carboxylic acids is 1. The van der Waals surface area contributed by atoms with E-state index in [1.165, 1.54) is 5.32 Å². The Kier molecular flexibility index (Phi) is 4.02. The minimum atomic E-state index is -5.17. The number of hydrogen-bond donors (Lipinski definition) is 2. The highest BCUT2D eigenvalue weighted by atomic mass is 35.5. The van der Waals surface area contributed by atoms with Crippen molar-refractivity contribution < 1.29 is 27.9 Å². The Bertz CT molecular complexity index is 519. The van der Waals surface area contributed by atoms with E-state index in [1.54, 1.807) is 0 Å². The molecule has 0 aromatic carbocycles. The monoisotopic (exact) mass is 302 g/mol. The number of alkyl halides is 3. The Balaban J connectivity index is 3.24. The summed E-state index contributed by atoms with van der Waals surface area (Å²) in [6, 6.07) is 0.751. The molecule has 0 saturated carbocycles. The van der Waals surface area contributed by atoms with Gasteiger partial charge in [-0.25, -0.2) is 9.78 Å². The minimum Gasteiger partial charge on any atom is -0.478 e. The van der Waals surface area contributed by atoms with Crippen molar-refractivity contribution in [3.05, 3.63) is 21.9 Å².